The first-order valence-corrected chi connectivity index (χ1v) is 9.20. The van der Waals surface area contributed by atoms with E-state index < -0.39 is 5.97 Å². The number of methoxy groups -OCH3 is 1. The average Bonchev–Trinajstić information content (AvgIpc) is 3.11. The highest BCUT2D eigenvalue weighted by molar-refractivity contribution is 6.33. The first-order chi connectivity index (χ1) is 13.9. The lowest BCUT2D eigenvalue weighted by atomic mass is 10.0. The predicted octanol–water partition coefficient (Wildman–Crippen LogP) is 4.21. The van der Waals surface area contributed by atoms with Gasteiger partial charge in [0.15, 0.2) is 11.0 Å². The normalized spacial score (nSPS) is 11.0. The van der Waals surface area contributed by atoms with Crippen LogP contribution in [-0.4, -0.2) is 37.9 Å². The summed E-state index contributed by atoms with van der Waals surface area (Å²) in [4.78, 5) is 20.1. The zero-order valence-corrected chi connectivity index (χ0v) is 16.5. The molecule has 0 spiro atoms. The van der Waals surface area contributed by atoms with Gasteiger partial charge < -0.3 is 9.84 Å². The van der Waals surface area contributed by atoms with Crippen molar-refractivity contribution < 1.29 is 14.6 Å². The Morgan fingerprint density at radius 3 is 2.59 bits per heavy atom. The highest BCUT2D eigenvalue weighted by Gasteiger charge is 2.14. The van der Waals surface area contributed by atoms with Crippen molar-refractivity contribution in [2.24, 2.45) is 0 Å². The highest BCUT2D eigenvalue weighted by atomic mass is 35.5. The van der Waals surface area contributed by atoms with Crippen LogP contribution in [0.25, 0.3) is 22.4 Å². The molecule has 146 valence electrons. The van der Waals surface area contributed by atoms with Gasteiger partial charge in [-0.25, -0.2) is 14.8 Å². The Kier molecular flexibility index (Phi) is 4.90. The van der Waals surface area contributed by atoms with Crippen LogP contribution in [0.3, 0.4) is 0 Å². The molecule has 0 aliphatic carbocycles. The second-order valence-corrected chi connectivity index (χ2v) is 6.94. The van der Waals surface area contributed by atoms with Crippen LogP contribution in [0.1, 0.15) is 21.5 Å². The van der Waals surface area contributed by atoms with Gasteiger partial charge in [-0.15, -0.1) is 0 Å². The fraction of sp³-hybridized carbons (Fsp3) is 0.143. The number of hydrogen-bond acceptors (Lipinski definition) is 5. The van der Waals surface area contributed by atoms with Crippen molar-refractivity contribution in [3.63, 3.8) is 0 Å². The van der Waals surface area contributed by atoms with E-state index in [1.54, 1.807) is 36.9 Å². The fourth-order valence-electron chi connectivity index (χ4n) is 3.10. The quantitative estimate of drug-likeness (QED) is 0.497. The number of carbonyl (C=O) groups is 1. The van der Waals surface area contributed by atoms with Crippen molar-refractivity contribution in [3.05, 3.63) is 70.5 Å². The number of hydrogen-bond donors (Lipinski definition) is 1. The summed E-state index contributed by atoms with van der Waals surface area (Å²) >= 11 is 6.35. The van der Waals surface area contributed by atoms with E-state index in [9.17, 15) is 9.90 Å². The van der Waals surface area contributed by atoms with Gasteiger partial charge >= 0.3 is 5.97 Å². The number of benzene rings is 2. The number of nitrogens with zero attached hydrogens (tertiary/aromatic N) is 4. The Balaban J connectivity index is 1.68. The molecule has 0 saturated heterocycles. The molecule has 4 aromatic rings. The number of halogens is 1. The van der Waals surface area contributed by atoms with Crippen molar-refractivity contribution >= 4 is 28.6 Å². The summed E-state index contributed by atoms with van der Waals surface area (Å²) < 4.78 is 6.94. The molecule has 0 unspecified atom stereocenters. The number of aromatic carboxylic acids is 1. The molecule has 0 amide bonds. The molecule has 0 fully saturated rings. The van der Waals surface area contributed by atoms with Crippen LogP contribution >= 0.6 is 11.6 Å². The lowest BCUT2D eigenvalue weighted by molar-refractivity contribution is 0.0696. The molecule has 8 heteroatoms. The smallest absolute Gasteiger partial charge is 0.335 e. The minimum atomic E-state index is -0.969. The molecule has 0 bridgehead atoms. The van der Waals surface area contributed by atoms with E-state index in [1.807, 2.05) is 30.5 Å². The van der Waals surface area contributed by atoms with E-state index in [0.717, 1.165) is 11.3 Å². The Morgan fingerprint density at radius 1 is 1.17 bits per heavy atom. The first-order valence-electron chi connectivity index (χ1n) is 8.82. The van der Waals surface area contributed by atoms with Crippen LogP contribution < -0.4 is 4.74 Å². The minimum Gasteiger partial charge on any atom is -0.497 e. The SMILES string of the molecule is COc1ccc(Cn2cc3nc(-c4ccc(C(=O)O)c(C)c4)nc(Cl)c3n2)cc1. The van der Waals surface area contributed by atoms with Gasteiger partial charge in [-0.1, -0.05) is 29.8 Å². The summed E-state index contributed by atoms with van der Waals surface area (Å²) in [6.45, 7) is 2.29. The summed E-state index contributed by atoms with van der Waals surface area (Å²) in [5, 5.41) is 13.9. The molecular weight excluding hydrogens is 392 g/mol. The molecule has 29 heavy (non-hydrogen) atoms. The van der Waals surface area contributed by atoms with Gasteiger partial charge in [0, 0.05) is 5.56 Å². The van der Waals surface area contributed by atoms with Crippen molar-refractivity contribution in [2.75, 3.05) is 7.11 Å². The van der Waals surface area contributed by atoms with E-state index >= 15 is 0 Å². The number of aryl methyl sites for hydroxylation is 1. The van der Waals surface area contributed by atoms with Gasteiger partial charge in [0.2, 0.25) is 0 Å². The third-order valence-electron chi connectivity index (χ3n) is 4.59. The van der Waals surface area contributed by atoms with Gasteiger partial charge in [-0.05, 0) is 42.3 Å². The van der Waals surface area contributed by atoms with Gasteiger partial charge in [-0.3, -0.25) is 4.68 Å². The minimum absolute atomic E-state index is 0.244. The summed E-state index contributed by atoms with van der Waals surface area (Å²) in [5.74, 6) is 0.247. The van der Waals surface area contributed by atoms with Crippen LogP contribution in [-0.2, 0) is 6.54 Å². The van der Waals surface area contributed by atoms with Crippen LogP contribution in [0.15, 0.2) is 48.7 Å². The second kappa shape index (κ2) is 7.52. The van der Waals surface area contributed by atoms with Crippen molar-refractivity contribution in [2.45, 2.75) is 13.5 Å². The van der Waals surface area contributed by atoms with Crippen LogP contribution in [0.5, 0.6) is 5.75 Å². The topological polar surface area (TPSA) is 90.1 Å². The fourth-order valence-corrected chi connectivity index (χ4v) is 3.31. The van der Waals surface area contributed by atoms with Crippen molar-refractivity contribution in [3.8, 4) is 17.1 Å². The number of carboxylic acid groups (broad SMARTS) is 1. The molecule has 2 aromatic carbocycles. The third-order valence-corrected chi connectivity index (χ3v) is 4.85. The van der Waals surface area contributed by atoms with Gasteiger partial charge in [0.1, 0.15) is 16.8 Å². The standard InChI is InChI=1S/C21H17ClN4O3/c1-12-9-14(5-8-16(12)21(27)28)20-23-17-11-26(25-18(17)19(22)24-20)10-13-3-6-15(29-2)7-4-13/h3-9,11H,10H2,1-2H3,(H,27,28). The molecule has 0 aliphatic rings. The van der Waals surface area contributed by atoms with E-state index in [2.05, 4.69) is 15.1 Å². The monoisotopic (exact) mass is 408 g/mol. The Morgan fingerprint density at radius 2 is 1.93 bits per heavy atom. The Labute approximate surface area is 171 Å². The maximum Gasteiger partial charge on any atom is 0.335 e. The number of aromatic nitrogens is 4. The number of fused-ring (bicyclic) bond motifs is 1. The number of rotatable bonds is 5. The maximum atomic E-state index is 11.2. The molecule has 0 saturated carbocycles. The van der Waals surface area contributed by atoms with Gasteiger partial charge in [0.05, 0.1) is 25.4 Å². The van der Waals surface area contributed by atoms with E-state index in [-0.39, 0.29) is 10.7 Å². The van der Waals surface area contributed by atoms with Crippen molar-refractivity contribution in [1.29, 1.82) is 0 Å². The van der Waals surface area contributed by atoms with E-state index in [4.69, 9.17) is 16.3 Å². The maximum absolute atomic E-state index is 11.2. The van der Waals surface area contributed by atoms with E-state index in [0.29, 0.717) is 34.5 Å². The molecule has 4 rings (SSSR count). The number of ether oxygens (including phenoxy) is 1. The van der Waals surface area contributed by atoms with Crippen LogP contribution in [0.2, 0.25) is 5.15 Å². The molecule has 1 N–H and O–H groups in total. The molecule has 2 heterocycles. The van der Waals surface area contributed by atoms with Gasteiger partial charge in [0.25, 0.3) is 0 Å². The molecule has 0 atom stereocenters. The summed E-state index contributed by atoms with van der Waals surface area (Å²) in [6.07, 6.45) is 1.81. The zero-order chi connectivity index (χ0) is 20.5. The van der Waals surface area contributed by atoms with Crippen LogP contribution in [0, 0.1) is 6.92 Å². The zero-order valence-electron chi connectivity index (χ0n) is 15.8. The van der Waals surface area contributed by atoms with Crippen LogP contribution in [0.4, 0.5) is 0 Å². The Bertz CT molecular complexity index is 1220. The average molecular weight is 409 g/mol. The molecule has 7 nitrogen and oxygen atoms in total. The largest absolute Gasteiger partial charge is 0.497 e. The lowest BCUT2D eigenvalue weighted by Gasteiger charge is -2.05. The predicted molar refractivity (Wildman–Crippen MR) is 110 cm³/mol. The van der Waals surface area contributed by atoms with Crippen molar-refractivity contribution in [1.82, 2.24) is 19.7 Å². The summed E-state index contributed by atoms with van der Waals surface area (Å²) in [6, 6.07) is 12.7. The van der Waals surface area contributed by atoms with E-state index in [1.165, 1.54) is 0 Å². The third kappa shape index (κ3) is 3.77. The van der Waals surface area contributed by atoms with Gasteiger partial charge in [-0.2, -0.15) is 5.10 Å². The molecular formula is C21H17ClN4O3. The molecule has 0 aliphatic heterocycles. The number of carboxylic acids is 1. The molecule has 0 radical (unpaired) electrons. The summed E-state index contributed by atoms with van der Waals surface area (Å²) in [7, 11) is 1.63. The highest BCUT2D eigenvalue weighted by Crippen LogP contribution is 2.25. The first kappa shape index (κ1) is 18.9. The Hall–Kier alpha value is -3.45. The summed E-state index contributed by atoms with van der Waals surface area (Å²) in [5.41, 5.74) is 3.76. The molecule has 2 aromatic heterocycles. The second-order valence-electron chi connectivity index (χ2n) is 6.58. The lowest BCUT2D eigenvalue weighted by Crippen LogP contribution is -2.00.